The Balaban J connectivity index is 1.39. The van der Waals surface area contributed by atoms with Crippen molar-refractivity contribution in [3.63, 3.8) is 0 Å². The van der Waals surface area contributed by atoms with Crippen LogP contribution in [0.4, 0.5) is 15.8 Å². The SMILES string of the molecule is COc1ccc(NC(=O)c2ccc(NC(=O)c3ccc(-c4ccccc4F)o3)cc2)cc1. The number of carbonyl (C=O) groups excluding carboxylic acids is 2. The monoisotopic (exact) mass is 430 g/mol. The molecule has 2 amide bonds. The predicted molar refractivity (Wildman–Crippen MR) is 119 cm³/mol. The minimum Gasteiger partial charge on any atom is -0.497 e. The van der Waals surface area contributed by atoms with E-state index in [1.807, 2.05) is 0 Å². The normalized spacial score (nSPS) is 10.4. The molecule has 0 atom stereocenters. The van der Waals surface area contributed by atoms with Crippen LogP contribution >= 0.6 is 0 Å². The lowest BCUT2D eigenvalue weighted by molar-refractivity contribution is 0.0996. The van der Waals surface area contributed by atoms with Crippen molar-refractivity contribution in [1.82, 2.24) is 0 Å². The van der Waals surface area contributed by atoms with Crippen molar-refractivity contribution in [3.05, 3.63) is 102 Å². The number of methoxy groups -OCH3 is 1. The Bertz CT molecular complexity index is 1250. The van der Waals surface area contributed by atoms with Crippen molar-refractivity contribution >= 4 is 23.2 Å². The number of hydrogen-bond acceptors (Lipinski definition) is 4. The van der Waals surface area contributed by atoms with Gasteiger partial charge in [0.25, 0.3) is 11.8 Å². The maximum atomic E-state index is 13.9. The van der Waals surface area contributed by atoms with Crippen molar-refractivity contribution in [3.8, 4) is 17.1 Å². The van der Waals surface area contributed by atoms with E-state index < -0.39 is 11.7 Å². The van der Waals surface area contributed by atoms with E-state index >= 15 is 0 Å². The van der Waals surface area contributed by atoms with Crippen LogP contribution in [-0.4, -0.2) is 18.9 Å². The highest BCUT2D eigenvalue weighted by molar-refractivity contribution is 6.05. The van der Waals surface area contributed by atoms with E-state index in [1.165, 1.54) is 12.1 Å². The fourth-order valence-electron chi connectivity index (χ4n) is 3.04. The Kier molecular flexibility index (Phi) is 5.98. The summed E-state index contributed by atoms with van der Waals surface area (Å²) in [7, 11) is 1.57. The molecule has 32 heavy (non-hydrogen) atoms. The molecule has 0 saturated heterocycles. The lowest BCUT2D eigenvalue weighted by atomic mass is 10.1. The maximum Gasteiger partial charge on any atom is 0.291 e. The average molecular weight is 430 g/mol. The first-order chi connectivity index (χ1) is 15.5. The largest absolute Gasteiger partial charge is 0.497 e. The number of furan rings is 1. The van der Waals surface area contributed by atoms with E-state index in [-0.39, 0.29) is 23.0 Å². The summed E-state index contributed by atoms with van der Waals surface area (Å²) in [4.78, 5) is 24.9. The number of benzene rings is 3. The van der Waals surface area contributed by atoms with Gasteiger partial charge < -0.3 is 19.8 Å². The molecule has 160 valence electrons. The number of ether oxygens (including phenoxy) is 1. The second kappa shape index (κ2) is 9.18. The van der Waals surface area contributed by atoms with E-state index in [0.717, 1.165) is 0 Å². The quantitative estimate of drug-likeness (QED) is 0.417. The third kappa shape index (κ3) is 4.67. The summed E-state index contributed by atoms with van der Waals surface area (Å²) in [6.45, 7) is 0. The van der Waals surface area contributed by atoms with Crippen LogP contribution in [0.3, 0.4) is 0 Å². The van der Waals surface area contributed by atoms with Crippen LogP contribution in [0.15, 0.2) is 89.3 Å². The number of carbonyl (C=O) groups is 2. The van der Waals surface area contributed by atoms with Gasteiger partial charge in [-0.2, -0.15) is 0 Å². The Morgan fingerprint density at radius 3 is 2.06 bits per heavy atom. The molecular formula is C25H19FN2O4. The highest BCUT2D eigenvalue weighted by atomic mass is 19.1. The van der Waals surface area contributed by atoms with Gasteiger partial charge in [0, 0.05) is 16.9 Å². The molecule has 0 radical (unpaired) electrons. The van der Waals surface area contributed by atoms with E-state index in [4.69, 9.17) is 9.15 Å². The van der Waals surface area contributed by atoms with Crippen LogP contribution < -0.4 is 15.4 Å². The molecule has 0 aliphatic carbocycles. The van der Waals surface area contributed by atoms with Crippen LogP contribution in [0.25, 0.3) is 11.3 Å². The van der Waals surface area contributed by atoms with Crippen molar-refractivity contribution in [2.24, 2.45) is 0 Å². The summed E-state index contributed by atoms with van der Waals surface area (Å²) in [5.74, 6) is -0.196. The molecule has 0 aliphatic rings. The van der Waals surface area contributed by atoms with E-state index in [9.17, 15) is 14.0 Å². The highest BCUT2D eigenvalue weighted by Gasteiger charge is 2.15. The first-order valence-electron chi connectivity index (χ1n) is 9.75. The second-order valence-electron chi connectivity index (χ2n) is 6.86. The van der Waals surface area contributed by atoms with Gasteiger partial charge in [-0.25, -0.2) is 4.39 Å². The zero-order chi connectivity index (χ0) is 22.5. The first-order valence-corrected chi connectivity index (χ1v) is 9.75. The minimum absolute atomic E-state index is 0.0459. The van der Waals surface area contributed by atoms with Gasteiger partial charge in [0.2, 0.25) is 0 Å². The van der Waals surface area contributed by atoms with Gasteiger partial charge in [-0.1, -0.05) is 12.1 Å². The summed E-state index contributed by atoms with van der Waals surface area (Å²) < 4.78 is 24.5. The zero-order valence-electron chi connectivity index (χ0n) is 17.1. The lowest BCUT2D eigenvalue weighted by Crippen LogP contribution is -2.13. The van der Waals surface area contributed by atoms with Crippen molar-refractivity contribution in [2.75, 3.05) is 17.7 Å². The Morgan fingerprint density at radius 1 is 0.781 bits per heavy atom. The molecule has 6 nitrogen and oxygen atoms in total. The summed E-state index contributed by atoms with van der Waals surface area (Å²) in [6, 6.07) is 22.6. The molecule has 1 aromatic heterocycles. The summed E-state index contributed by atoms with van der Waals surface area (Å²) in [6.07, 6.45) is 0. The van der Waals surface area contributed by atoms with Gasteiger partial charge >= 0.3 is 0 Å². The molecule has 0 saturated carbocycles. The smallest absolute Gasteiger partial charge is 0.291 e. The second-order valence-corrected chi connectivity index (χ2v) is 6.86. The number of hydrogen-bond donors (Lipinski definition) is 2. The topological polar surface area (TPSA) is 80.6 Å². The predicted octanol–water partition coefficient (Wildman–Crippen LogP) is 5.60. The van der Waals surface area contributed by atoms with Crippen molar-refractivity contribution in [2.45, 2.75) is 0 Å². The molecular weight excluding hydrogens is 411 g/mol. The summed E-state index contributed by atoms with van der Waals surface area (Å²) >= 11 is 0. The molecule has 0 fully saturated rings. The van der Waals surface area contributed by atoms with Crippen molar-refractivity contribution in [1.29, 1.82) is 0 Å². The Hall–Kier alpha value is -4.39. The third-order valence-corrected chi connectivity index (χ3v) is 4.72. The number of halogens is 1. The van der Waals surface area contributed by atoms with Gasteiger partial charge in [0.1, 0.15) is 17.3 Å². The summed E-state index contributed by atoms with van der Waals surface area (Å²) in [5.41, 5.74) is 1.83. The first kappa shape index (κ1) is 20.9. The lowest BCUT2D eigenvalue weighted by Gasteiger charge is -2.08. The molecule has 4 aromatic rings. The fraction of sp³-hybridized carbons (Fsp3) is 0.0400. The zero-order valence-corrected chi connectivity index (χ0v) is 17.1. The van der Waals surface area contributed by atoms with Crippen LogP contribution in [0, 0.1) is 5.82 Å². The molecule has 1 heterocycles. The van der Waals surface area contributed by atoms with E-state index in [2.05, 4.69) is 10.6 Å². The molecule has 0 unspecified atom stereocenters. The van der Waals surface area contributed by atoms with Crippen LogP contribution in [0.5, 0.6) is 5.75 Å². The van der Waals surface area contributed by atoms with Crippen LogP contribution in [-0.2, 0) is 0 Å². The average Bonchev–Trinajstić information content (AvgIpc) is 3.30. The Morgan fingerprint density at radius 2 is 1.41 bits per heavy atom. The van der Waals surface area contributed by atoms with Crippen LogP contribution in [0.1, 0.15) is 20.9 Å². The van der Waals surface area contributed by atoms with Gasteiger partial charge in [-0.05, 0) is 72.8 Å². The molecule has 0 aliphatic heterocycles. The standard InChI is InChI=1S/C25H19FN2O4/c1-31-19-12-10-18(11-13-19)27-24(29)16-6-8-17(9-7-16)28-25(30)23-15-14-22(32-23)20-4-2-3-5-21(20)26/h2-15H,1H3,(H,27,29)(H,28,30). The minimum atomic E-state index is -0.483. The molecule has 7 heteroatoms. The molecule has 4 rings (SSSR count). The van der Waals surface area contributed by atoms with Gasteiger partial charge in [0.15, 0.2) is 5.76 Å². The van der Waals surface area contributed by atoms with Gasteiger partial charge in [-0.15, -0.1) is 0 Å². The fourth-order valence-corrected chi connectivity index (χ4v) is 3.04. The van der Waals surface area contributed by atoms with E-state index in [0.29, 0.717) is 22.7 Å². The molecule has 2 N–H and O–H groups in total. The van der Waals surface area contributed by atoms with E-state index in [1.54, 1.807) is 79.9 Å². The van der Waals surface area contributed by atoms with Gasteiger partial charge in [-0.3, -0.25) is 9.59 Å². The highest BCUT2D eigenvalue weighted by Crippen LogP contribution is 2.25. The molecule has 0 bridgehead atoms. The van der Waals surface area contributed by atoms with Crippen molar-refractivity contribution < 1.29 is 23.1 Å². The third-order valence-electron chi connectivity index (χ3n) is 4.72. The van der Waals surface area contributed by atoms with Gasteiger partial charge in [0.05, 0.1) is 12.7 Å². The molecule has 3 aromatic carbocycles. The number of anilines is 2. The maximum absolute atomic E-state index is 13.9. The summed E-state index contributed by atoms with van der Waals surface area (Å²) in [5, 5.41) is 5.49. The van der Waals surface area contributed by atoms with Crippen LogP contribution in [0.2, 0.25) is 0 Å². The Labute approximate surface area is 183 Å². The molecule has 0 spiro atoms. The number of amides is 2. The number of nitrogens with one attached hydrogen (secondary N) is 2. The number of rotatable bonds is 6.